The SMILES string of the molecule is COc1ccc(C2c3cccn3-c3ccccc3N2C(=O)CN(C(=O)c2ccc3c(c2)OCO3)C(C)C)cc1. The monoisotopic (exact) mass is 523 g/mol. The van der Waals surface area contributed by atoms with E-state index in [2.05, 4.69) is 4.57 Å². The van der Waals surface area contributed by atoms with Gasteiger partial charge in [0, 0.05) is 17.8 Å². The van der Waals surface area contributed by atoms with Gasteiger partial charge in [-0.15, -0.1) is 0 Å². The lowest BCUT2D eigenvalue weighted by molar-refractivity contribution is -0.120. The van der Waals surface area contributed by atoms with Gasteiger partial charge in [-0.3, -0.25) is 14.5 Å². The minimum atomic E-state index is -0.386. The molecule has 1 atom stereocenters. The molecule has 0 fully saturated rings. The van der Waals surface area contributed by atoms with Crippen LogP contribution in [0.4, 0.5) is 5.69 Å². The highest BCUT2D eigenvalue weighted by atomic mass is 16.7. The Morgan fingerprint density at radius 2 is 1.69 bits per heavy atom. The number of benzene rings is 3. The van der Waals surface area contributed by atoms with E-state index in [0.29, 0.717) is 17.1 Å². The van der Waals surface area contributed by atoms with Crippen LogP contribution in [0.1, 0.15) is 41.5 Å². The molecule has 198 valence electrons. The van der Waals surface area contributed by atoms with Crippen molar-refractivity contribution in [3.63, 3.8) is 0 Å². The Morgan fingerprint density at radius 3 is 2.44 bits per heavy atom. The van der Waals surface area contributed by atoms with E-state index in [1.165, 1.54) is 0 Å². The standard InChI is InChI=1S/C31H29N3O5/c1-20(2)33(31(36)22-12-15-27-28(17-22)39-19-38-27)18-29(35)34-25-8-5-4-7-24(25)32-16-6-9-26(32)30(34)21-10-13-23(37-3)14-11-21/h4-17,20,30H,18-19H2,1-3H3. The van der Waals surface area contributed by atoms with E-state index in [0.717, 1.165) is 28.4 Å². The van der Waals surface area contributed by atoms with E-state index in [1.807, 2.05) is 85.6 Å². The van der Waals surface area contributed by atoms with E-state index in [-0.39, 0.29) is 37.2 Å². The van der Waals surface area contributed by atoms with Crippen molar-refractivity contribution in [2.24, 2.45) is 0 Å². The van der Waals surface area contributed by atoms with E-state index >= 15 is 0 Å². The first-order chi connectivity index (χ1) is 19.0. The minimum Gasteiger partial charge on any atom is -0.497 e. The van der Waals surface area contributed by atoms with Crippen molar-refractivity contribution in [1.29, 1.82) is 0 Å². The molecule has 0 saturated heterocycles. The normalized spacial score (nSPS) is 15.1. The van der Waals surface area contributed by atoms with Crippen LogP contribution in [0.3, 0.4) is 0 Å². The molecule has 3 aromatic carbocycles. The second-order valence-electron chi connectivity index (χ2n) is 9.83. The van der Waals surface area contributed by atoms with E-state index in [9.17, 15) is 9.59 Å². The summed E-state index contributed by atoms with van der Waals surface area (Å²) in [6, 6.07) is 24.1. The van der Waals surface area contributed by atoms with Gasteiger partial charge in [-0.25, -0.2) is 0 Å². The van der Waals surface area contributed by atoms with Crippen molar-refractivity contribution >= 4 is 17.5 Å². The second kappa shape index (κ2) is 9.87. The third-order valence-corrected chi connectivity index (χ3v) is 7.23. The molecule has 3 heterocycles. The number of amides is 2. The summed E-state index contributed by atoms with van der Waals surface area (Å²) in [6.45, 7) is 3.86. The van der Waals surface area contributed by atoms with Crippen LogP contribution in [0.2, 0.25) is 0 Å². The Bertz CT molecular complexity index is 1540. The molecule has 8 heteroatoms. The summed E-state index contributed by atoms with van der Waals surface area (Å²) in [5.74, 6) is 1.45. The molecule has 2 aliphatic rings. The van der Waals surface area contributed by atoms with Crippen LogP contribution in [0.25, 0.3) is 5.69 Å². The number of hydrogen-bond donors (Lipinski definition) is 0. The Hall–Kier alpha value is -4.72. The summed E-state index contributed by atoms with van der Waals surface area (Å²) < 4.78 is 18.3. The van der Waals surface area contributed by atoms with Gasteiger partial charge in [-0.1, -0.05) is 24.3 Å². The van der Waals surface area contributed by atoms with Crippen LogP contribution in [-0.2, 0) is 4.79 Å². The average molecular weight is 524 g/mol. The molecular weight excluding hydrogens is 494 g/mol. The summed E-state index contributed by atoms with van der Waals surface area (Å²) in [6.07, 6.45) is 2.01. The Balaban J connectivity index is 1.38. The smallest absolute Gasteiger partial charge is 0.254 e. The van der Waals surface area contributed by atoms with Crippen molar-refractivity contribution in [3.05, 3.63) is 102 Å². The number of anilines is 1. The number of nitrogens with zero attached hydrogens (tertiary/aromatic N) is 3. The van der Waals surface area contributed by atoms with Gasteiger partial charge in [-0.05, 0) is 74.0 Å². The van der Waals surface area contributed by atoms with Crippen molar-refractivity contribution < 1.29 is 23.8 Å². The third-order valence-electron chi connectivity index (χ3n) is 7.23. The first-order valence-electron chi connectivity index (χ1n) is 12.9. The highest BCUT2D eigenvalue weighted by Crippen LogP contribution is 2.42. The minimum absolute atomic E-state index is 0.0906. The van der Waals surface area contributed by atoms with Crippen LogP contribution in [0.15, 0.2) is 85.1 Å². The van der Waals surface area contributed by atoms with Gasteiger partial charge in [0.2, 0.25) is 12.7 Å². The Morgan fingerprint density at radius 1 is 0.949 bits per heavy atom. The molecule has 2 aliphatic heterocycles. The molecule has 2 amide bonds. The van der Waals surface area contributed by atoms with Gasteiger partial charge >= 0.3 is 0 Å². The molecule has 0 aliphatic carbocycles. The first-order valence-corrected chi connectivity index (χ1v) is 12.9. The van der Waals surface area contributed by atoms with Gasteiger partial charge in [0.05, 0.1) is 24.2 Å². The zero-order valence-corrected chi connectivity index (χ0v) is 22.0. The second-order valence-corrected chi connectivity index (χ2v) is 9.83. The largest absolute Gasteiger partial charge is 0.497 e. The van der Waals surface area contributed by atoms with Crippen LogP contribution < -0.4 is 19.1 Å². The maximum absolute atomic E-state index is 14.3. The summed E-state index contributed by atoms with van der Waals surface area (Å²) in [5, 5.41) is 0. The van der Waals surface area contributed by atoms with Gasteiger partial charge < -0.3 is 23.7 Å². The van der Waals surface area contributed by atoms with Gasteiger partial charge in [-0.2, -0.15) is 0 Å². The number of carbonyl (C=O) groups excluding carboxylic acids is 2. The topological polar surface area (TPSA) is 73.2 Å². The number of rotatable bonds is 6. The van der Waals surface area contributed by atoms with Crippen molar-refractivity contribution in [2.75, 3.05) is 25.3 Å². The zero-order chi connectivity index (χ0) is 27.1. The molecule has 0 radical (unpaired) electrons. The average Bonchev–Trinajstić information content (AvgIpc) is 3.64. The van der Waals surface area contributed by atoms with Crippen LogP contribution in [0, 0.1) is 0 Å². The van der Waals surface area contributed by atoms with Crippen molar-refractivity contribution in [1.82, 2.24) is 9.47 Å². The first kappa shape index (κ1) is 24.6. The van der Waals surface area contributed by atoms with Crippen LogP contribution in [0.5, 0.6) is 17.2 Å². The Labute approximate surface area is 226 Å². The summed E-state index contributed by atoms with van der Waals surface area (Å²) in [4.78, 5) is 31.4. The lowest BCUT2D eigenvalue weighted by Crippen LogP contribution is -2.48. The quantitative estimate of drug-likeness (QED) is 0.347. The third kappa shape index (κ3) is 4.27. The van der Waals surface area contributed by atoms with E-state index in [4.69, 9.17) is 14.2 Å². The molecule has 0 spiro atoms. The number of fused-ring (bicyclic) bond motifs is 4. The number of aromatic nitrogens is 1. The van der Waals surface area contributed by atoms with Gasteiger partial charge in [0.25, 0.3) is 5.91 Å². The molecule has 39 heavy (non-hydrogen) atoms. The Kier molecular flexibility index (Phi) is 6.23. The van der Waals surface area contributed by atoms with Crippen molar-refractivity contribution in [3.8, 4) is 22.9 Å². The van der Waals surface area contributed by atoms with Crippen LogP contribution >= 0.6 is 0 Å². The predicted molar refractivity (Wildman–Crippen MR) is 147 cm³/mol. The van der Waals surface area contributed by atoms with Crippen molar-refractivity contribution in [2.45, 2.75) is 25.9 Å². The number of para-hydroxylation sites is 2. The molecule has 0 bridgehead atoms. The summed E-state index contributed by atoms with van der Waals surface area (Å²) >= 11 is 0. The molecule has 8 nitrogen and oxygen atoms in total. The number of methoxy groups -OCH3 is 1. The lowest BCUT2D eigenvalue weighted by atomic mass is 9.97. The maximum Gasteiger partial charge on any atom is 0.254 e. The van der Waals surface area contributed by atoms with Gasteiger partial charge in [0.15, 0.2) is 11.5 Å². The predicted octanol–water partition coefficient (Wildman–Crippen LogP) is 5.20. The lowest BCUT2D eigenvalue weighted by Gasteiger charge is -2.40. The van der Waals surface area contributed by atoms with Gasteiger partial charge in [0.1, 0.15) is 18.3 Å². The molecule has 0 N–H and O–H groups in total. The van der Waals surface area contributed by atoms with E-state index in [1.54, 1.807) is 30.2 Å². The van der Waals surface area contributed by atoms with E-state index < -0.39 is 0 Å². The highest BCUT2D eigenvalue weighted by Gasteiger charge is 2.37. The maximum atomic E-state index is 14.3. The number of hydrogen-bond acceptors (Lipinski definition) is 5. The fourth-order valence-electron chi connectivity index (χ4n) is 5.27. The molecule has 0 saturated carbocycles. The molecule has 1 unspecified atom stereocenters. The summed E-state index contributed by atoms with van der Waals surface area (Å²) in [5.41, 5.74) is 4.04. The molecule has 1 aromatic heterocycles. The number of carbonyl (C=O) groups is 2. The highest BCUT2D eigenvalue weighted by molar-refractivity contribution is 6.03. The summed E-state index contributed by atoms with van der Waals surface area (Å²) in [7, 11) is 1.63. The number of ether oxygens (including phenoxy) is 3. The molecular formula is C31H29N3O5. The fraction of sp³-hybridized carbons (Fsp3) is 0.226. The molecule has 4 aromatic rings. The fourth-order valence-corrected chi connectivity index (χ4v) is 5.27. The molecule has 6 rings (SSSR count). The van der Waals surface area contributed by atoms with Crippen LogP contribution in [-0.4, -0.2) is 47.8 Å². The zero-order valence-electron chi connectivity index (χ0n) is 22.0.